The summed E-state index contributed by atoms with van der Waals surface area (Å²) in [5.74, 6) is -1.55. The summed E-state index contributed by atoms with van der Waals surface area (Å²) in [6.45, 7) is 1.38. The number of ether oxygens (including phenoxy) is 1. The Morgan fingerprint density at radius 2 is 2.00 bits per heavy atom. The molecule has 0 heterocycles. The summed E-state index contributed by atoms with van der Waals surface area (Å²) in [7, 11) is -3.82. The van der Waals surface area contributed by atoms with Crippen molar-refractivity contribution in [1.29, 1.82) is 0 Å². The molecule has 0 fully saturated rings. The molecule has 1 rings (SSSR count). The third-order valence-corrected chi connectivity index (χ3v) is 3.81. The van der Waals surface area contributed by atoms with Crippen molar-refractivity contribution in [3.8, 4) is 0 Å². The largest absolute Gasteiger partial charge is 0.465 e. The van der Waals surface area contributed by atoms with Crippen LogP contribution < -0.4 is 4.72 Å². The van der Waals surface area contributed by atoms with Crippen LogP contribution in [0.4, 0.5) is 0 Å². The molecule has 7 heteroatoms. The number of sulfonamides is 1. The number of aliphatic hydroxyl groups excluding tert-OH is 1. The Balaban J connectivity index is 2.61. The molecule has 0 bridgehead atoms. The van der Waals surface area contributed by atoms with Crippen LogP contribution in [0.25, 0.3) is 0 Å². The summed E-state index contributed by atoms with van der Waals surface area (Å²) in [4.78, 5) is 11.2. The molecule has 1 aromatic carbocycles. The molecule has 112 valence electrons. The first-order chi connectivity index (χ1) is 9.46. The summed E-state index contributed by atoms with van der Waals surface area (Å²) >= 11 is 0. The quantitative estimate of drug-likeness (QED) is 0.663. The Hall–Kier alpha value is -1.44. The molecule has 0 aliphatic heterocycles. The molecule has 0 amide bonds. The maximum Gasteiger partial charge on any atom is 0.322 e. The fraction of sp³-hybridized carbons (Fsp3) is 0.462. The van der Waals surface area contributed by atoms with E-state index < -0.39 is 27.8 Å². The summed E-state index contributed by atoms with van der Waals surface area (Å²) < 4.78 is 30.4. The molecule has 0 saturated carbocycles. The zero-order valence-electron chi connectivity index (χ0n) is 11.3. The van der Waals surface area contributed by atoms with Crippen LogP contribution in [-0.2, 0) is 26.0 Å². The van der Waals surface area contributed by atoms with Crippen molar-refractivity contribution in [2.45, 2.75) is 19.4 Å². The van der Waals surface area contributed by atoms with Gasteiger partial charge in [-0.15, -0.1) is 0 Å². The molecule has 0 aliphatic rings. The Kier molecular flexibility index (Phi) is 6.63. The van der Waals surface area contributed by atoms with E-state index in [9.17, 15) is 18.3 Å². The highest BCUT2D eigenvalue weighted by atomic mass is 32.2. The van der Waals surface area contributed by atoms with Crippen molar-refractivity contribution in [3.63, 3.8) is 0 Å². The molecule has 0 saturated heterocycles. The normalized spacial score (nSPS) is 12.9. The van der Waals surface area contributed by atoms with Crippen LogP contribution >= 0.6 is 0 Å². The van der Waals surface area contributed by atoms with E-state index in [1.54, 1.807) is 6.92 Å². The van der Waals surface area contributed by atoms with Gasteiger partial charge < -0.3 is 9.84 Å². The van der Waals surface area contributed by atoms with Gasteiger partial charge in [0.1, 0.15) is 0 Å². The van der Waals surface area contributed by atoms with Gasteiger partial charge >= 0.3 is 5.97 Å². The van der Waals surface area contributed by atoms with Crippen LogP contribution in [0.3, 0.4) is 0 Å². The van der Waals surface area contributed by atoms with Gasteiger partial charge in [-0.05, 0) is 18.9 Å². The number of hydrogen-bond donors (Lipinski definition) is 2. The predicted molar refractivity (Wildman–Crippen MR) is 74.6 cm³/mol. The predicted octanol–water partition coefficient (Wildman–Crippen LogP) is 0.0725. The molecule has 20 heavy (non-hydrogen) atoms. The Labute approximate surface area is 118 Å². The van der Waals surface area contributed by atoms with E-state index in [1.807, 2.05) is 30.3 Å². The zero-order chi connectivity index (χ0) is 15.0. The van der Waals surface area contributed by atoms with Crippen LogP contribution in [0.2, 0.25) is 0 Å². The second kappa shape index (κ2) is 7.98. The number of nitrogens with one attached hydrogen (secondary N) is 1. The van der Waals surface area contributed by atoms with Crippen molar-refractivity contribution in [3.05, 3.63) is 35.9 Å². The molecular weight excluding hydrogens is 282 g/mol. The van der Waals surface area contributed by atoms with Gasteiger partial charge in [0, 0.05) is 6.04 Å². The Morgan fingerprint density at radius 3 is 2.55 bits per heavy atom. The summed E-state index contributed by atoms with van der Waals surface area (Å²) in [5, 5.41) is 9.25. The highest BCUT2D eigenvalue weighted by Crippen LogP contribution is 2.04. The first-order valence-electron chi connectivity index (χ1n) is 6.27. The molecule has 0 aromatic heterocycles. The summed E-state index contributed by atoms with van der Waals surface area (Å²) in [6, 6.07) is 8.51. The molecule has 0 aliphatic carbocycles. The lowest BCUT2D eigenvalue weighted by Gasteiger charge is -2.16. The average molecular weight is 301 g/mol. The lowest BCUT2D eigenvalue weighted by atomic mass is 10.1. The summed E-state index contributed by atoms with van der Waals surface area (Å²) in [5.41, 5.74) is 0.894. The van der Waals surface area contributed by atoms with E-state index in [2.05, 4.69) is 9.46 Å². The van der Waals surface area contributed by atoms with Gasteiger partial charge in [0.15, 0.2) is 5.75 Å². The van der Waals surface area contributed by atoms with E-state index in [0.717, 1.165) is 5.56 Å². The van der Waals surface area contributed by atoms with E-state index >= 15 is 0 Å². The van der Waals surface area contributed by atoms with Gasteiger partial charge in [0.25, 0.3) is 0 Å². The molecular formula is C13H19NO5S. The zero-order valence-corrected chi connectivity index (χ0v) is 12.1. The average Bonchev–Trinajstić information content (AvgIpc) is 2.38. The van der Waals surface area contributed by atoms with Crippen LogP contribution in [-0.4, -0.2) is 44.5 Å². The third-order valence-electron chi connectivity index (χ3n) is 2.50. The SMILES string of the molecule is CCOC(=O)CS(=O)(=O)N[C@@H](CO)Cc1ccccc1. The molecule has 1 aromatic rings. The molecule has 2 N–H and O–H groups in total. The fourth-order valence-electron chi connectivity index (χ4n) is 1.70. The number of rotatable bonds is 8. The minimum atomic E-state index is -3.82. The fourth-order valence-corrected chi connectivity index (χ4v) is 2.84. The third kappa shape index (κ3) is 6.14. The van der Waals surface area contributed by atoms with Gasteiger partial charge in [-0.3, -0.25) is 4.79 Å². The van der Waals surface area contributed by atoms with E-state index in [0.29, 0.717) is 6.42 Å². The number of esters is 1. The van der Waals surface area contributed by atoms with Crippen molar-refractivity contribution in [2.75, 3.05) is 19.0 Å². The second-order valence-corrected chi connectivity index (χ2v) is 6.01. The van der Waals surface area contributed by atoms with Gasteiger partial charge in [-0.2, -0.15) is 0 Å². The van der Waals surface area contributed by atoms with E-state index in [4.69, 9.17) is 0 Å². The molecule has 0 unspecified atom stereocenters. The van der Waals surface area contributed by atoms with Crippen molar-refractivity contribution < 1.29 is 23.1 Å². The number of aliphatic hydroxyl groups is 1. The van der Waals surface area contributed by atoms with E-state index in [-0.39, 0.29) is 13.2 Å². The van der Waals surface area contributed by atoms with Crippen molar-refractivity contribution >= 4 is 16.0 Å². The van der Waals surface area contributed by atoms with Gasteiger partial charge in [0.2, 0.25) is 10.0 Å². The molecule has 6 nitrogen and oxygen atoms in total. The van der Waals surface area contributed by atoms with Gasteiger partial charge in [-0.25, -0.2) is 13.1 Å². The molecule has 0 radical (unpaired) electrons. The highest BCUT2D eigenvalue weighted by Gasteiger charge is 2.21. The minimum Gasteiger partial charge on any atom is -0.465 e. The standard InChI is InChI=1S/C13H19NO5S/c1-2-19-13(16)10-20(17,18)14-12(9-15)8-11-6-4-3-5-7-11/h3-7,12,14-15H,2,8-10H2,1H3/t12-/m1/s1. The Bertz CT molecular complexity index is 515. The number of carbonyl (C=O) groups is 1. The monoisotopic (exact) mass is 301 g/mol. The number of carbonyl (C=O) groups excluding carboxylic acids is 1. The molecule has 1 atom stereocenters. The van der Waals surface area contributed by atoms with Crippen LogP contribution in [0.1, 0.15) is 12.5 Å². The number of benzene rings is 1. The number of hydrogen-bond acceptors (Lipinski definition) is 5. The van der Waals surface area contributed by atoms with Gasteiger partial charge in [0.05, 0.1) is 13.2 Å². The second-order valence-electron chi connectivity index (χ2n) is 4.25. The highest BCUT2D eigenvalue weighted by molar-refractivity contribution is 7.90. The van der Waals surface area contributed by atoms with Crippen molar-refractivity contribution in [1.82, 2.24) is 4.72 Å². The maximum atomic E-state index is 11.8. The topological polar surface area (TPSA) is 92.7 Å². The van der Waals surface area contributed by atoms with Crippen LogP contribution in [0, 0.1) is 0 Å². The first kappa shape index (κ1) is 16.6. The van der Waals surface area contributed by atoms with Crippen molar-refractivity contribution in [2.24, 2.45) is 0 Å². The Morgan fingerprint density at radius 1 is 1.35 bits per heavy atom. The lowest BCUT2D eigenvalue weighted by Crippen LogP contribution is -2.41. The first-order valence-corrected chi connectivity index (χ1v) is 7.92. The van der Waals surface area contributed by atoms with Gasteiger partial charge in [-0.1, -0.05) is 30.3 Å². The maximum absolute atomic E-state index is 11.8. The van der Waals surface area contributed by atoms with Crippen LogP contribution in [0.15, 0.2) is 30.3 Å². The lowest BCUT2D eigenvalue weighted by molar-refractivity contribution is -0.139. The minimum absolute atomic E-state index is 0.127. The van der Waals surface area contributed by atoms with E-state index in [1.165, 1.54) is 0 Å². The van der Waals surface area contributed by atoms with Crippen LogP contribution in [0.5, 0.6) is 0 Å². The summed E-state index contributed by atoms with van der Waals surface area (Å²) in [6.07, 6.45) is 0.347. The smallest absolute Gasteiger partial charge is 0.322 e. The molecule has 0 spiro atoms.